The highest BCUT2D eigenvalue weighted by molar-refractivity contribution is 6.30. The highest BCUT2D eigenvalue weighted by Gasteiger charge is 2.36. The van der Waals surface area contributed by atoms with E-state index in [0.717, 1.165) is 5.56 Å². The number of halogens is 2. The minimum absolute atomic E-state index is 0.0285. The molecule has 1 atom stereocenters. The van der Waals surface area contributed by atoms with Crippen LogP contribution in [0, 0.1) is 5.82 Å². The molecule has 1 aliphatic heterocycles. The van der Waals surface area contributed by atoms with Crippen molar-refractivity contribution < 1.29 is 23.4 Å². The van der Waals surface area contributed by atoms with Crippen molar-refractivity contribution in [2.75, 3.05) is 19.0 Å². The number of carbonyl (C=O) groups excluding carboxylic acids is 1. The molecule has 1 N–H and O–H groups in total. The molecular weight excluding hydrogens is 511 g/mol. The minimum atomic E-state index is -0.688. The number of aromatic nitrogens is 3. The van der Waals surface area contributed by atoms with Crippen LogP contribution in [0.25, 0.3) is 5.70 Å². The Kier molecular flexibility index (Phi) is 7.28. The van der Waals surface area contributed by atoms with E-state index in [1.54, 1.807) is 47.1 Å². The number of benzene rings is 3. The number of ether oxygens (including phenoxy) is 3. The van der Waals surface area contributed by atoms with Gasteiger partial charge in [0.2, 0.25) is 5.95 Å². The quantitative estimate of drug-likeness (QED) is 0.292. The SMILES string of the molecule is CCOc1cc([C@H]2C(C(=O)OC)=C(c3ccc(Cl)cc3)Nc3ncnn32)ccc1OCc1ccccc1F. The monoisotopic (exact) mass is 534 g/mol. The lowest BCUT2D eigenvalue weighted by atomic mass is 9.92. The number of fused-ring (bicyclic) bond motifs is 1. The fourth-order valence-electron chi connectivity index (χ4n) is 4.30. The second kappa shape index (κ2) is 10.9. The lowest BCUT2D eigenvalue weighted by Crippen LogP contribution is -2.29. The molecule has 2 heterocycles. The number of nitrogens with one attached hydrogen (secondary N) is 1. The second-order valence-corrected chi connectivity index (χ2v) is 8.80. The molecule has 5 rings (SSSR count). The van der Waals surface area contributed by atoms with Crippen LogP contribution in [0.1, 0.15) is 29.7 Å². The Bertz CT molecular complexity index is 1500. The molecule has 0 unspecified atom stereocenters. The van der Waals surface area contributed by atoms with Gasteiger partial charge in [-0.05, 0) is 48.4 Å². The van der Waals surface area contributed by atoms with E-state index < -0.39 is 12.0 Å². The van der Waals surface area contributed by atoms with Gasteiger partial charge in [-0.25, -0.2) is 13.9 Å². The Morgan fingerprint density at radius 2 is 1.87 bits per heavy atom. The Hall–Kier alpha value is -4.37. The first-order chi connectivity index (χ1) is 18.5. The zero-order chi connectivity index (χ0) is 26.6. The molecule has 4 aromatic rings. The molecule has 1 aromatic heterocycles. The Morgan fingerprint density at radius 1 is 1.08 bits per heavy atom. The Balaban J connectivity index is 1.59. The van der Waals surface area contributed by atoms with E-state index in [0.29, 0.717) is 51.5 Å². The summed E-state index contributed by atoms with van der Waals surface area (Å²) in [5.74, 6) is 0.446. The van der Waals surface area contributed by atoms with Crippen LogP contribution in [0.2, 0.25) is 5.02 Å². The second-order valence-electron chi connectivity index (χ2n) is 8.36. The maximum atomic E-state index is 14.1. The fourth-order valence-corrected chi connectivity index (χ4v) is 4.42. The van der Waals surface area contributed by atoms with Crippen molar-refractivity contribution in [1.29, 1.82) is 0 Å². The van der Waals surface area contributed by atoms with Gasteiger partial charge in [0.15, 0.2) is 11.5 Å². The summed E-state index contributed by atoms with van der Waals surface area (Å²) < 4.78 is 32.7. The lowest BCUT2D eigenvalue weighted by molar-refractivity contribution is -0.136. The molecule has 0 fully saturated rings. The van der Waals surface area contributed by atoms with Crippen molar-refractivity contribution in [1.82, 2.24) is 14.8 Å². The van der Waals surface area contributed by atoms with E-state index in [1.165, 1.54) is 19.5 Å². The van der Waals surface area contributed by atoms with Gasteiger partial charge in [0.1, 0.15) is 24.8 Å². The molecule has 38 heavy (non-hydrogen) atoms. The summed E-state index contributed by atoms with van der Waals surface area (Å²) in [5.41, 5.74) is 2.69. The minimum Gasteiger partial charge on any atom is -0.490 e. The van der Waals surface area contributed by atoms with Crippen LogP contribution in [-0.2, 0) is 16.1 Å². The molecule has 0 spiro atoms. The third-order valence-electron chi connectivity index (χ3n) is 6.06. The lowest BCUT2D eigenvalue weighted by Gasteiger charge is -2.29. The average Bonchev–Trinajstić information content (AvgIpc) is 3.41. The van der Waals surface area contributed by atoms with Gasteiger partial charge >= 0.3 is 5.97 Å². The normalized spacial score (nSPS) is 14.5. The summed E-state index contributed by atoms with van der Waals surface area (Å²) in [6, 6.07) is 18.2. The van der Waals surface area contributed by atoms with Crippen LogP contribution in [-0.4, -0.2) is 34.5 Å². The van der Waals surface area contributed by atoms with Gasteiger partial charge in [0.05, 0.1) is 25.0 Å². The van der Waals surface area contributed by atoms with E-state index in [4.69, 9.17) is 25.8 Å². The summed E-state index contributed by atoms with van der Waals surface area (Å²) in [4.78, 5) is 17.5. The predicted molar refractivity (Wildman–Crippen MR) is 141 cm³/mol. The zero-order valence-electron chi connectivity index (χ0n) is 20.7. The standard InChI is InChI=1S/C28H24ClFN4O4/c1-3-37-23-14-18(10-13-22(23)38-15-19-6-4-5-7-21(19)30)26-24(27(35)36-2)25(17-8-11-20(29)12-9-17)33-28-31-16-32-34(26)28/h4-14,16,26H,3,15H2,1-2H3,(H,31,32,33)/t26-/m0/s1. The van der Waals surface area contributed by atoms with Gasteiger partial charge in [0, 0.05) is 10.6 Å². The zero-order valence-corrected chi connectivity index (χ0v) is 21.4. The summed E-state index contributed by atoms with van der Waals surface area (Å²) >= 11 is 6.10. The molecular formula is C28H24ClFN4O4. The van der Waals surface area contributed by atoms with Crippen LogP contribution in [0.3, 0.4) is 0 Å². The van der Waals surface area contributed by atoms with Gasteiger partial charge in [-0.1, -0.05) is 48.0 Å². The van der Waals surface area contributed by atoms with Crippen molar-refractivity contribution in [2.24, 2.45) is 0 Å². The first-order valence-corrected chi connectivity index (χ1v) is 12.3. The van der Waals surface area contributed by atoms with Crippen LogP contribution in [0.4, 0.5) is 10.3 Å². The molecule has 0 saturated carbocycles. The van der Waals surface area contributed by atoms with Gasteiger partial charge in [-0.2, -0.15) is 10.1 Å². The van der Waals surface area contributed by atoms with E-state index in [2.05, 4.69) is 15.4 Å². The van der Waals surface area contributed by atoms with Gasteiger partial charge < -0.3 is 19.5 Å². The number of anilines is 1. The molecule has 10 heteroatoms. The highest BCUT2D eigenvalue weighted by atomic mass is 35.5. The maximum absolute atomic E-state index is 14.1. The average molecular weight is 535 g/mol. The number of nitrogens with zero attached hydrogens (tertiary/aromatic N) is 3. The van der Waals surface area contributed by atoms with Crippen molar-refractivity contribution in [3.05, 3.63) is 106 Å². The van der Waals surface area contributed by atoms with Gasteiger partial charge in [0.25, 0.3) is 0 Å². The van der Waals surface area contributed by atoms with Crippen molar-refractivity contribution in [3.63, 3.8) is 0 Å². The summed E-state index contributed by atoms with van der Waals surface area (Å²) in [6.45, 7) is 2.25. The smallest absolute Gasteiger partial charge is 0.338 e. The topological polar surface area (TPSA) is 87.5 Å². The summed E-state index contributed by atoms with van der Waals surface area (Å²) in [6.07, 6.45) is 1.41. The first-order valence-electron chi connectivity index (χ1n) is 11.9. The summed E-state index contributed by atoms with van der Waals surface area (Å²) in [7, 11) is 1.33. The third kappa shape index (κ3) is 4.92. The van der Waals surface area contributed by atoms with Crippen LogP contribution >= 0.6 is 11.6 Å². The van der Waals surface area contributed by atoms with Crippen molar-refractivity contribution >= 4 is 29.2 Å². The Labute approximate surface area is 223 Å². The summed E-state index contributed by atoms with van der Waals surface area (Å²) in [5, 5.41) is 8.15. The van der Waals surface area contributed by atoms with Gasteiger partial charge in [-0.3, -0.25) is 0 Å². The largest absolute Gasteiger partial charge is 0.490 e. The van der Waals surface area contributed by atoms with Gasteiger partial charge in [-0.15, -0.1) is 0 Å². The number of rotatable bonds is 8. The molecule has 0 aliphatic carbocycles. The molecule has 0 saturated heterocycles. The Morgan fingerprint density at radius 3 is 2.61 bits per heavy atom. The number of carbonyl (C=O) groups is 1. The number of esters is 1. The van der Waals surface area contributed by atoms with E-state index in [9.17, 15) is 9.18 Å². The van der Waals surface area contributed by atoms with E-state index in [1.807, 2.05) is 25.1 Å². The van der Waals surface area contributed by atoms with Crippen LogP contribution in [0.15, 0.2) is 78.6 Å². The molecule has 0 radical (unpaired) electrons. The van der Waals surface area contributed by atoms with Crippen LogP contribution < -0.4 is 14.8 Å². The number of hydrogen-bond acceptors (Lipinski definition) is 7. The highest BCUT2D eigenvalue weighted by Crippen LogP contribution is 2.41. The van der Waals surface area contributed by atoms with Crippen molar-refractivity contribution in [2.45, 2.75) is 19.6 Å². The van der Waals surface area contributed by atoms with Crippen molar-refractivity contribution in [3.8, 4) is 11.5 Å². The predicted octanol–water partition coefficient (Wildman–Crippen LogP) is 5.65. The molecule has 3 aromatic carbocycles. The molecule has 8 nitrogen and oxygen atoms in total. The number of hydrogen-bond donors (Lipinski definition) is 1. The molecule has 194 valence electrons. The van der Waals surface area contributed by atoms with Crippen LogP contribution in [0.5, 0.6) is 11.5 Å². The molecule has 0 bridgehead atoms. The maximum Gasteiger partial charge on any atom is 0.338 e. The fraction of sp³-hybridized carbons (Fsp3) is 0.179. The first kappa shape index (κ1) is 25.3. The molecule has 1 aliphatic rings. The van der Waals surface area contributed by atoms with E-state index >= 15 is 0 Å². The number of methoxy groups -OCH3 is 1. The molecule has 0 amide bonds. The third-order valence-corrected chi connectivity index (χ3v) is 6.31. The van der Waals surface area contributed by atoms with E-state index in [-0.39, 0.29) is 12.4 Å².